The van der Waals surface area contributed by atoms with Crippen molar-refractivity contribution >= 4 is 27.5 Å². The summed E-state index contributed by atoms with van der Waals surface area (Å²) < 4.78 is 15.7. The standard InChI is InChI=1S/C10H7BrClFN2/c11-10-3-4-14-15(10)6-7-1-2-8(12)9(13)5-7/h1-5H,6H2. The third-order valence-corrected chi connectivity index (χ3v) is 2.96. The minimum atomic E-state index is -0.405. The molecule has 2 nitrogen and oxygen atoms in total. The number of halogens is 3. The number of benzene rings is 1. The molecule has 0 N–H and O–H groups in total. The maximum atomic E-state index is 13.1. The molecule has 78 valence electrons. The fraction of sp³-hybridized carbons (Fsp3) is 0.100. The van der Waals surface area contributed by atoms with E-state index in [0.717, 1.165) is 10.2 Å². The van der Waals surface area contributed by atoms with Crippen molar-refractivity contribution in [2.45, 2.75) is 6.54 Å². The Morgan fingerprint density at radius 2 is 2.20 bits per heavy atom. The van der Waals surface area contributed by atoms with Crippen LogP contribution in [-0.4, -0.2) is 9.78 Å². The molecule has 0 unspecified atom stereocenters. The van der Waals surface area contributed by atoms with E-state index in [9.17, 15) is 4.39 Å². The van der Waals surface area contributed by atoms with Gasteiger partial charge in [-0.25, -0.2) is 4.39 Å². The summed E-state index contributed by atoms with van der Waals surface area (Å²) in [6, 6.07) is 6.56. The van der Waals surface area contributed by atoms with Gasteiger partial charge in [0.2, 0.25) is 0 Å². The maximum absolute atomic E-state index is 13.1. The Bertz CT molecular complexity index is 484. The van der Waals surface area contributed by atoms with Crippen molar-refractivity contribution in [3.05, 3.63) is 51.5 Å². The Balaban J connectivity index is 2.25. The first-order chi connectivity index (χ1) is 7.16. The highest BCUT2D eigenvalue weighted by atomic mass is 79.9. The van der Waals surface area contributed by atoms with Crippen LogP contribution in [0.1, 0.15) is 5.56 Å². The number of hydrogen-bond acceptors (Lipinski definition) is 1. The predicted octanol–water partition coefficient (Wildman–Crippen LogP) is 3.49. The summed E-state index contributed by atoms with van der Waals surface area (Å²) in [6.07, 6.45) is 1.68. The molecule has 5 heteroatoms. The van der Waals surface area contributed by atoms with E-state index in [1.807, 2.05) is 6.07 Å². The number of aromatic nitrogens is 2. The Kier molecular flexibility index (Phi) is 3.07. The zero-order chi connectivity index (χ0) is 10.8. The van der Waals surface area contributed by atoms with E-state index in [2.05, 4.69) is 21.0 Å². The van der Waals surface area contributed by atoms with Gasteiger partial charge in [-0.05, 0) is 39.7 Å². The van der Waals surface area contributed by atoms with Gasteiger partial charge in [-0.15, -0.1) is 0 Å². The molecule has 0 saturated heterocycles. The van der Waals surface area contributed by atoms with Gasteiger partial charge in [0.1, 0.15) is 10.4 Å². The monoisotopic (exact) mass is 288 g/mol. The van der Waals surface area contributed by atoms with E-state index in [-0.39, 0.29) is 5.02 Å². The summed E-state index contributed by atoms with van der Waals surface area (Å²) in [5.74, 6) is -0.405. The van der Waals surface area contributed by atoms with Crippen LogP contribution in [0.25, 0.3) is 0 Å². The lowest BCUT2D eigenvalue weighted by atomic mass is 10.2. The molecular weight excluding hydrogens is 282 g/mol. The molecule has 1 aromatic heterocycles. The smallest absolute Gasteiger partial charge is 0.142 e. The molecule has 0 aliphatic heterocycles. The zero-order valence-electron chi connectivity index (χ0n) is 7.62. The second-order valence-corrected chi connectivity index (χ2v) is 4.28. The first-order valence-electron chi connectivity index (χ1n) is 4.28. The Hall–Kier alpha value is -0.870. The summed E-state index contributed by atoms with van der Waals surface area (Å²) in [5.41, 5.74) is 0.821. The van der Waals surface area contributed by atoms with Gasteiger partial charge in [0.05, 0.1) is 17.8 Å². The first kappa shape index (κ1) is 10.6. The maximum Gasteiger partial charge on any atom is 0.142 e. The highest BCUT2D eigenvalue weighted by Gasteiger charge is 2.03. The second kappa shape index (κ2) is 4.33. The molecule has 2 rings (SSSR count). The normalized spacial score (nSPS) is 10.6. The van der Waals surface area contributed by atoms with Gasteiger partial charge < -0.3 is 0 Å². The van der Waals surface area contributed by atoms with Crippen LogP contribution in [0.2, 0.25) is 5.02 Å². The number of rotatable bonds is 2. The molecule has 15 heavy (non-hydrogen) atoms. The van der Waals surface area contributed by atoms with Gasteiger partial charge in [0, 0.05) is 0 Å². The van der Waals surface area contributed by atoms with E-state index < -0.39 is 5.82 Å². The van der Waals surface area contributed by atoms with E-state index >= 15 is 0 Å². The van der Waals surface area contributed by atoms with E-state index in [0.29, 0.717) is 6.54 Å². The van der Waals surface area contributed by atoms with Gasteiger partial charge in [0.15, 0.2) is 0 Å². The minimum Gasteiger partial charge on any atom is -0.254 e. The molecule has 0 aliphatic carbocycles. The van der Waals surface area contributed by atoms with Gasteiger partial charge in [0.25, 0.3) is 0 Å². The summed E-state index contributed by atoms with van der Waals surface area (Å²) in [5, 5.41) is 4.21. The Morgan fingerprint density at radius 1 is 1.40 bits per heavy atom. The van der Waals surface area contributed by atoms with Crippen molar-refractivity contribution in [1.82, 2.24) is 9.78 Å². The van der Waals surface area contributed by atoms with Crippen molar-refractivity contribution in [3.8, 4) is 0 Å². The van der Waals surface area contributed by atoms with Crippen molar-refractivity contribution in [2.75, 3.05) is 0 Å². The fourth-order valence-corrected chi connectivity index (χ4v) is 1.70. The van der Waals surface area contributed by atoms with Crippen LogP contribution in [0.4, 0.5) is 4.39 Å². The lowest BCUT2D eigenvalue weighted by Crippen LogP contribution is -2.01. The van der Waals surface area contributed by atoms with Crippen molar-refractivity contribution in [3.63, 3.8) is 0 Å². The molecule has 0 fully saturated rings. The Labute approximate surface area is 99.8 Å². The predicted molar refractivity (Wildman–Crippen MR) is 60.4 cm³/mol. The topological polar surface area (TPSA) is 17.8 Å². The number of hydrogen-bond donors (Lipinski definition) is 0. The molecule has 0 radical (unpaired) electrons. The third kappa shape index (κ3) is 2.38. The molecule has 1 aromatic carbocycles. The molecule has 0 amide bonds. The van der Waals surface area contributed by atoms with Crippen molar-refractivity contribution in [2.24, 2.45) is 0 Å². The molecule has 0 atom stereocenters. The highest BCUT2D eigenvalue weighted by molar-refractivity contribution is 9.10. The van der Waals surface area contributed by atoms with Gasteiger partial charge in [-0.2, -0.15) is 5.10 Å². The average molecular weight is 290 g/mol. The minimum absolute atomic E-state index is 0.137. The number of nitrogens with zero attached hydrogens (tertiary/aromatic N) is 2. The van der Waals surface area contributed by atoms with Crippen LogP contribution in [0.3, 0.4) is 0 Å². The zero-order valence-corrected chi connectivity index (χ0v) is 9.96. The highest BCUT2D eigenvalue weighted by Crippen LogP contribution is 2.17. The average Bonchev–Trinajstić information content (AvgIpc) is 2.59. The molecular formula is C10H7BrClFN2. The second-order valence-electron chi connectivity index (χ2n) is 3.06. The van der Waals surface area contributed by atoms with Crippen LogP contribution < -0.4 is 0 Å². The van der Waals surface area contributed by atoms with Crippen LogP contribution >= 0.6 is 27.5 Å². The summed E-state index contributed by atoms with van der Waals surface area (Å²) in [7, 11) is 0. The largest absolute Gasteiger partial charge is 0.254 e. The lowest BCUT2D eigenvalue weighted by molar-refractivity contribution is 0.618. The molecule has 2 aromatic rings. The summed E-state index contributed by atoms with van der Waals surface area (Å²) in [6.45, 7) is 0.516. The van der Waals surface area contributed by atoms with Crippen LogP contribution in [-0.2, 0) is 6.54 Å². The van der Waals surface area contributed by atoms with Crippen molar-refractivity contribution < 1.29 is 4.39 Å². The van der Waals surface area contributed by atoms with E-state index in [1.165, 1.54) is 6.07 Å². The van der Waals surface area contributed by atoms with Gasteiger partial charge in [-0.1, -0.05) is 17.7 Å². The molecule has 0 spiro atoms. The molecule has 0 bridgehead atoms. The first-order valence-corrected chi connectivity index (χ1v) is 5.45. The van der Waals surface area contributed by atoms with E-state index in [1.54, 1.807) is 23.0 Å². The SMILES string of the molecule is Fc1cc(Cn2nccc2Br)ccc1Cl. The summed E-state index contributed by atoms with van der Waals surface area (Å²) >= 11 is 8.92. The fourth-order valence-electron chi connectivity index (χ4n) is 1.24. The van der Waals surface area contributed by atoms with Crippen molar-refractivity contribution in [1.29, 1.82) is 0 Å². The summed E-state index contributed by atoms with van der Waals surface area (Å²) in [4.78, 5) is 0. The van der Waals surface area contributed by atoms with Crippen LogP contribution in [0.5, 0.6) is 0 Å². The van der Waals surface area contributed by atoms with Gasteiger partial charge in [-0.3, -0.25) is 4.68 Å². The van der Waals surface area contributed by atoms with Crippen LogP contribution in [0.15, 0.2) is 35.1 Å². The quantitative estimate of drug-likeness (QED) is 0.827. The van der Waals surface area contributed by atoms with Gasteiger partial charge >= 0.3 is 0 Å². The lowest BCUT2D eigenvalue weighted by Gasteiger charge is -2.04. The molecule has 0 aliphatic rings. The Morgan fingerprint density at radius 3 is 2.80 bits per heavy atom. The third-order valence-electron chi connectivity index (χ3n) is 1.98. The molecule has 1 heterocycles. The van der Waals surface area contributed by atoms with Crippen LogP contribution in [0, 0.1) is 5.82 Å². The van der Waals surface area contributed by atoms with E-state index in [4.69, 9.17) is 11.6 Å². The molecule has 0 saturated carbocycles.